The molecule has 76 valence electrons. The predicted molar refractivity (Wildman–Crippen MR) is 52.6 cm³/mol. The van der Waals surface area contributed by atoms with Crippen molar-refractivity contribution in [1.82, 2.24) is 20.4 Å². The van der Waals surface area contributed by atoms with Crippen molar-refractivity contribution in [3.8, 4) is 11.4 Å². The standard InChI is InChI=1S/C8H6N4O2S/c1-4-9-11-7(12-10-4)5-2-6(8(13)14)15-3-5/h2-3H,1H3,(H,13,14). The van der Waals surface area contributed by atoms with Crippen LogP contribution < -0.4 is 0 Å². The summed E-state index contributed by atoms with van der Waals surface area (Å²) >= 11 is 1.12. The van der Waals surface area contributed by atoms with Crippen LogP contribution in [0.25, 0.3) is 11.4 Å². The molecule has 0 atom stereocenters. The summed E-state index contributed by atoms with van der Waals surface area (Å²) in [5.74, 6) is -0.143. The molecule has 7 heteroatoms. The summed E-state index contributed by atoms with van der Waals surface area (Å²) in [5.41, 5.74) is 0.623. The third-order valence-electron chi connectivity index (χ3n) is 1.65. The molecule has 0 amide bonds. The number of aromatic nitrogens is 4. The quantitative estimate of drug-likeness (QED) is 0.815. The molecule has 0 aromatic carbocycles. The van der Waals surface area contributed by atoms with Gasteiger partial charge in [0, 0.05) is 10.9 Å². The van der Waals surface area contributed by atoms with Crippen LogP contribution in [0.2, 0.25) is 0 Å². The summed E-state index contributed by atoms with van der Waals surface area (Å²) in [7, 11) is 0. The lowest BCUT2D eigenvalue weighted by Crippen LogP contribution is -1.97. The number of nitrogens with zero attached hydrogens (tertiary/aromatic N) is 4. The van der Waals surface area contributed by atoms with Gasteiger partial charge >= 0.3 is 5.97 Å². The zero-order valence-electron chi connectivity index (χ0n) is 7.71. The van der Waals surface area contributed by atoms with Crippen LogP contribution in [-0.2, 0) is 0 Å². The molecule has 0 aliphatic rings. The lowest BCUT2D eigenvalue weighted by molar-refractivity contribution is 0.0702. The fourth-order valence-electron chi connectivity index (χ4n) is 0.961. The van der Waals surface area contributed by atoms with Crippen LogP contribution in [0, 0.1) is 6.92 Å². The summed E-state index contributed by atoms with van der Waals surface area (Å²) in [6.45, 7) is 1.68. The molecule has 2 heterocycles. The molecule has 2 rings (SSSR count). The van der Waals surface area contributed by atoms with E-state index in [-0.39, 0.29) is 4.88 Å². The highest BCUT2D eigenvalue weighted by Crippen LogP contribution is 2.21. The molecule has 0 radical (unpaired) electrons. The number of carbonyl (C=O) groups is 1. The first-order chi connectivity index (χ1) is 7.16. The van der Waals surface area contributed by atoms with Gasteiger partial charge < -0.3 is 5.11 Å². The third-order valence-corrected chi connectivity index (χ3v) is 2.57. The number of carboxylic acids is 1. The Morgan fingerprint density at radius 2 is 2.00 bits per heavy atom. The monoisotopic (exact) mass is 222 g/mol. The molecule has 15 heavy (non-hydrogen) atoms. The van der Waals surface area contributed by atoms with Crippen molar-refractivity contribution < 1.29 is 9.90 Å². The lowest BCUT2D eigenvalue weighted by Gasteiger charge is -1.92. The van der Waals surface area contributed by atoms with Gasteiger partial charge in [0.25, 0.3) is 0 Å². The minimum absolute atomic E-state index is 0.245. The first-order valence-electron chi connectivity index (χ1n) is 4.03. The highest BCUT2D eigenvalue weighted by atomic mass is 32.1. The fourth-order valence-corrected chi connectivity index (χ4v) is 1.68. The molecule has 0 aliphatic heterocycles. The van der Waals surface area contributed by atoms with Gasteiger partial charge in [0.05, 0.1) is 0 Å². The van der Waals surface area contributed by atoms with Crippen molar-refractivity contribution >= 4 is 17.3 Å². The Bertz CT molecular complexity index is 494. The van der Waals surface area contributed by atoms with Crippen molar-refractivity contribution in [3.05, 3.63) is 22.1 Å². The zero-order valence-corrected chi connectivity index (χ0v) is 8.52. The van der Waals surface area contributed by atoms with Gasteiger partial charge in [-0.25, -0.2) is 4.79 Å². The van der Waals surface area contributed by atoms with Gasteiger partial charge in [0.1, 0.15) is 4.88 Å². The Balaban J connectivity index is 2.37. The Morgan fingerprint density at radius 3 is 2.53 bits per heavy atom. The van der Waals surface area contributed by atoms with Gasteiger partial charge in [-0.3, -0.25) is 0 Å². The van der Waals surface area contributed by atoms with Crippen molar-refractivity contribution in [3.63, 3.8) is 0 Å². The number of hydrogen-bond acceptors (Lipinski definition) is 6. The van der Waals surface area contributed by atoms with Crippen LogP contribution in [0.3, 0.4) is 0 Å². The van der Waals surface area contributed by atoms with E-state index in [9.17, 15) is 4.79 Å². The van der Waals surface area contributed by atoms with Gasteiger partial charge in [-0.05, 0) is 13.0 Å². The molecule has 1 N–H and O–H groups in total. The Hall–Kier alpha value is -1.89. The normalized spacial score (nSPS) is 10.2. The molecular weight excluding hydrogens is 216 g/mol. The van der Waals surface area contributed by atoms with Gasteiger partial charge in [0.15, 0.2) is 5.82 Å². The Kier molecular flexibility index (Phi) is 2.38. The summed E-state index contributed by atoms with van der Waals surface area (Å²) in [5, 5.41) is 25.5. The van der Waals surface area contributed by atoms with Crippen molar-refractivity contribution in [2.24, 2.45) is 0 Å². The molecule has 2 aromatic heterocycles. The van der Waals surface area contributed by atoms with E-state index in [1.165, 1.54) is 6.07 Å². The summed E-state index contributed by atoms with van der Waals surface area (Å²) in [6, 6.07) is 1.50. The van der Waals surface area contributed by atoms with Gasteiger partial charge in [-0.2, -0.15) is 0 Å². The number of hydrogen-bond donors (Lipinski definition) is 1. The summed E-state index contributed by atoms with van der Waals surface area (Å²) in [6.07, 6.45) is 0. The minimum Gasteiger partial charge on any atom is -0.477 e. The first-order valence-corrected chi connectivity index (χ1v) is 4.91. The highest BCUT2D eigenvalue weighted by molar-refractivity contribution is 7.12. The van der Waals surface area contributed by atoms with E-state index in [1.54, 1.807) is 12.3 Å². The number of rotatable bonds is 2. The molecule has 0 fully saturated rings. The van der Waals surface area contributed by atoms with E-state index in [0.29, 0.717) is 17.2 Å². The van der Waals surface area contributed by atoms with Gasteiger partial charge in [-0.1, -0.05) is 0 Å². The highest BCUT2D eigenvalue weighted by Gasteiger charge is 2.10. The largest absolute Gasteiger partial charge is 0.477 e. The average Bonchev–Trinajstić information content (AvgIpc) is 2.68. The molecular formula is C8H6N4O2S. The predicted octanol–water partition coefficient (Wildman–Crippen LogP) is 1.00. The molecule has 2 aromatic rings. The second-order valence-electron chi connectivity index (χ2n) is 2.78. The maximum absolute atomic E-state index is 10.6. The van der Waals surface area contributed by atoms with E-state index in [2.05, 4.69) is 20.4 Å². The van der Waals surface area contributed by atoms with E-state index in [4.69, 9.17) is 5.11 Å². The summed E-state index contributed by atoms with van der Waals surface area (Å²) in [4.78, 5) is 10.9. The van der Waals surface area contributed by atoms with Crippen LogP contribution >= 0.6 is 11.3 Å². The van der Waals surface area contributed by atoms with Gasteiger partial charge in [-0.15, -0.1) is 31.7 Å². The topological polar surface area (TPSA) is 88.9 Å². The van der Waals surface area contributed by atoms with E-state index < -0.39 is 5.97 Å². The van der Waals surface area contributed by atoms with E-state index in [0.717, 1.165) is 11.3 Å². The van der Waals surface area contributed by atoms with Crippen molar-refractivity contribution in [2.45, 2.75) is 6.92 Å². The van der Waals surface area contributed by atoms with E-state index in [1.807, 2.05) is 0 Å². The number of aromatic carboxylic acids is 1. The average molecular weight is 222 g/mol. The Labute approximate surface area is 88.6 Å². The lowest BCUT2D eigenvalue weighted by atomic mass is 10.3. The van der Waals surface area contributed by atoms with Crippen molar-refractivity contribution in [1.29, 1.82) is 0 Å². The third kappa shape index (κ3) is 1.96. The molecule has 6 nitrogen and oxygen atoms in total. The molecule has 0 unspecified atom stereocenters. The maximum atomic E-state index is 10.6. The second kappa shape index (κ2) is 3.70. The smallest absolute Gasteiger partial charge is 0.345 e. The van der Waals surface area contributed by atoms with E-state index >= 15 is 0 Å². The molecule has 0 aliphatic carbocycles. The SMILES string of the molecule is Cc1nnc(-c2csc(C(=O)O)c2)nn1. The fraction of sp³-hybridized carbons (Fsp3) is 0.125. The van der Waals surface area contributed by atoms with Crippen LogP contribution in [-0.4, -0.2) is 31.5 Å². The molecule has 0 bridgehead atoms. The molecule has 0 saturated carbocycles. The number of aryl methyl sites for hydroxylation is 1. The maximum Gasteiger partial charge on any atom is 0.345 e. The van der Waals surface area contributed by atoms with Crippen LogP contribution in [0.5, 0.6) is 0 Å². The minimum atomic E-state index is -0.959. The first kappa shape index (κ1) is 9.66. The van der Waals surface area contributed by atoms with Gasteiger partial charge in [0.2, 0.25) is 5.82 Å². The number of thiophene rings is 1. The van der Waals surface area contributed by atoms with Crippen LogP contribution in [0.4, 0.5) is 0 Å². The zero-order chi connectivity index (χ0) is 10.8. The molecule has 0 spiro atoms. The second-order valence-corrected chi connectivity index (χ2v) is 3.69. The van der Waals surface area contributed by atoms with Crippen molar-refractivity contribution in [2.75, 3.05) is 0 Å². The Morgan fingerprint density at radius 1 is 1.33 bits per heavy atom. The summed E-state index contributed by atoms with van der Waals surface area (Å²) < 4.78 is 0. The molecule has 0 saturated heterocycles. The van der Waals surface area contributed by atoms with Crippen LogP contribution in [0.15, 0.2) is 11.4 Å². The number of carboxylic acid groups (broad SMARTS) is 1. The van der Waals surface area contributed by atoms with Crippen LogP contribution in [0.1, 0.15) is 15.5 Å².